The zero-order valence-corrected chi connectivity index (χ0v) is 14.5. The predicted molar refractivity (Wildman–Crippen MR) is 87.8 cm³/mol. The maximum absolute atomic E-state index is 12.8. The van der Waals surface area contributed by atoms with Gasteiger partial charge in [0.25, 0.3) is 10.0 Å². The first-order chi connectivity index (χ1) is 10.9. The zero-order chi connectivity index (χ0) is 16.6. The summed E-state index contributed by atoms with van der Waals surface area (Å²) >= 11 is 0. The lowest BCUT2D eigenvalue weighted by atomic mass is 10.1. The maximum Gasteiger partial charge on any atom is 0.265 e. The molecule has 0 unspecified atom stereocenters. The summed E-state index contributed by atoms with van der Waals surface area (Å²) in [6, 6.07) is 0.181. The third-order valence-electron chi connectivity index (χ3n) is 4.24. The van der Waals surface area contributed by atoms with Gasteiger partial charge in [0.2, 0.25) is 0 Å². The number of anilines is 1. The van der Waals surface area contributed by atoms with Crippen molar-refractivity contribution in [2.24, 2.45) is 7.05 Å². The molecular formula is C15H23N5O2S. The second-order valence-corrected chi connectivity index (χ2v) is 8.09. The summed E-state index contributed by atoms with van der Waals surface area (Å²) in [4.78, 5) is 0.282. The monoisotopic (exact) mass is 337 g/mol. The molecule has 0 spiro atoms. The van der Waals surface area contributed by atoms with E-state index in [1.165, 1.54) is 6.20 Å². The average molecular weight is 337 g/mol. The fourth-order valence-corrected chi connectivity index (χ4v) is 4.36. The van der Waals surface area contributed by atoms with Crippen LogP contribution in [0, 0.1) is 0 Å². The van der Waals surface area contributed by atoms with Crippen LogP contribution in [-0.2, 0) is 17.1 Å². The molecule has 126 valence electrons. The predicted octanol–water partition coefficient (Wildman–Crippen LogP) is 2.66. The molecule has 0 atom stereocenters. The number of hydrogen-bond donors (Lipinski definition) is 1. The van der Waals surface area contributed by atoms with Crippen LogP contribution in [0.25, 0.3) is 0 Å². The first kappa shape index (κ1) is 16.0. The Morgan fingerprint density at radius 2 is 1.96 bits per heavy atom. The molecule has 2 heterocycles. The van der Waals surface area contributed by atoms with E-state index in [1.54, 1.807) is 28.8 Å². The molecule has 7 nitrogen and oxygen atoms in total. The minimum absolute atomic E-state index is 0.181. The minimum atomic E-state index is -3.66. The molecule has 1 aliphatic carbocycles. The van der Waals surface area contributed by atoms with Gasteiger partial charge < -0.3 is 0 Å². The largest absolute Gasteiger partial charge is 0.276 e. The van der Waals surface area contributed by atoms with Crippen molar-refractivity contribution >= 4 is 15.7 Å². The van der Waals surface area contributed by atoms with Crippen LogP contribution < -0.4 is 4.72 Å². The molecule has 0 saturated heterocycles. The molecule has 1 fully saturated rings. The second kappa shape index (κ2) is 5.99. The van der Waals surface area contributed by atoms with Crippen molar-refractivity contribution in [3.63, 3.8) is 0 Å². The number of sulfonamides is 1. The number of aromatic nitrogens is 4. The molecule has 1 aliphatic rings. The van der Waals surface area contributed by atoms with Crippen molar-refractivity contribution in [1.29, 1.82) is 0 Å². The van der Waals surface area contributed by atoms with Crippen molar-refractivity contribution < 1.29 is 8.42 Å². The molecule has 1 saturated carbocycles. The van der Waals surface area contributed by atoms with E-state index in [9.17, 15) is 8.42 Å². The van der Waals surface area contributed by atoms with Gasteiger partial charge in [-0.15, -0.1) is 0 Å². The van der Waals surface area contributed by atoms with Crippen molar-refractivity contribution in [2.75, 3.05) is 4.72 Å². The molecular weight excluding hydrogens is 314 g/mol. The quantitative estimate of drug-likeness (QED) is 0.909. The van der Waals surface area contributed by atoms with Gasteiger partial charge in [-0.2, -0.15) is 10.2 Å². The van der Waals surface area contributed by atoms with E-state index < -0.39 is 10.0 Å². The van der Waals surface area contributed by atoms with E-state index in [-0.39, 0.29) is 16.9 Å². The van der Waals surface area contributed by atoms with Gasteiger partial charge in [0.05, 0.1) is 17.6 Å². The summed E-state index contributed by atoms with van der Waals surface area (Å²) in [5.41, 5.74) is 1.16. The molecule has 0 aromatic carbocycles. The first-order valence-corrected chi connectivity index (χ1v) is 9.45. The minimum Gasteiger partial charge on any atom is -0.276 e. The zero-order valence-electron chi connectivity index (χ0n) is 13.7. The van der Waals surface area contributed by atoms with Crippen molar-refractivity contribution in [2.45, 2.75) is 56.4 Å². The van der Waals surface area contributed by atoms with Gasteiger partial charge in [-0.05, 0) is 26.7 Å². The summed E-state index contributed by atoms with van der Waals surface area (Å²) in [7, 11) is -1.90. The number of hydrogen-bond acceptors (Lipinski definition) is 4. The average Bonchev–Trinajstić information content (AvgIpc) is 3.16. The summed E-state index contributed by atoms with van der Waals surface area (Å²) in [5, 5.41) is 8.58. The van der Waals surface area contributed by atoms with Gasteiger partial charge in [-0.25, -0.2) is 8.42 Å². The molecule has 23 heavy (non-hydrogen) atoms. The molecule has 3 rings (SSSR count). The van der Waals surface area contributed by atoms with E-state index in [4.69, 9.17) is 0 Å². The smallest absolute Gasteiger partial charge is 0.265 e. The molecule has 0 amide bonds. The van der Waals surface area contributed by atoms with E-state index in [0.717, 1.165) is 25.7 Å². The number of nitrogens with zero attached hydrogens (tertiary/aromatic N) is 4. The van der Waals surface area contributed by atoms with Crippen molar-refractivity contribution in [3.8, 4) is 0 Å². The van der Waals surface area contributed by atoms with E-state index in [0.29, 0.717) is 11.4 Å². The molecule has 1 N–H and O–H groups in total. The summed E-state index contributed by atoms with van der Waals surface area (Å²) in [6.45, 7) is 3.98. The van der Waals surface area contributed by atoms with Crippen molar-refractivity contribution in [3.05, 3.63) is 24.3 Å². The van der Waals surface area contributed by atoms with Crippen LogP contribution in [0.15, 0.2) is 23.5 Å². The SMILES string of the molecule is CC(C)n1cc(NS(=O)(=O)c2cn(C)nc2C2CCCC2)cn1. The molecule has 0 radical (unpaired) electrons. The van der Waals surface area contributed by atoms with Gasteiger partial charge >= 0.3 is 0 Å². The summed E-state index contributed by atoms with van der Waals surface area (Å²) in [5.74, 6) is 0.237. The highest BCUT2D eigenvalue weighted by Gasteiger charge is 2.29. The van der Waals surface area contributed by atoms with Crippen LogP contribution in [0.5, 0.6) is 0 Å². The third-order valence-corrected chi connectivity index (χ3v) is 5.63. The van der Waals surface area contributed by atoms with Crippen LogP contribution >= 0.6 is 0 Å². The third kappa shape index (κ3) is 3.26. The maximum atomic E-state index is 12.8. The van der Waals surface area contributed by atoms with Gasteiger partial charge in [-0.3, -0.25) is 14.1 Å². The Morgan fingerprint density at radius 1 is 1.26 bits per heavy atom. The lowest BCUT2D eigenvalue weighted by molar-refractivity contribution is 0.532. The Hall–Kier alpha value is -1.83. The normalized spacial score (nSPS) is 16.3. The Balaban J connectivity index is 1.89. The van der Waals surface area contributed by atoms with Gasteiger partial charge in [-0.1, -0.05) is 12.8 Å². The molecule has 2 aromatic rings. The van der Waals surface area contributed by atoms with Crippen LogP contribution in [0.1, 0.15) is 57.2 Å². The van der Waals surface area contributed by atoms with E-state index in [1.807, 2.05) is 13.8 Å². The fraction of sp³-hybridized carbons (Fsp3) is 0.600. The molecule has 8 heteroatoms. The standard InChI is InChI=1S/C15H23N5O2S/c1-11(2)20-9-13(8-16-20)18-23(21,22)14-10-19(3)17-15(14)12-6-4-5-7-12/h8-12,18H,4-7H2,1-3H3. The first-order valence-electron chi connectivity index (χ1n) is 7.97. The fourth-order valence-electron chi connectivity index (χ4n) is 3.06. The van der Waals surface area contributed by atoms with E-state index >= 15 is 0 Å². The number of nitrogens with one attached hydrogen (secondary N) is 1. The highest BCUT2D eigenvalue weighted by molar-refractivity contribution is 7.92. The molecule has 0 aliphatic heterocycles. The van der Waals surface area contributed by atoms with Gasteiger partial charge in [0.15, 0.2) is 0 Å². The Morgan fingerprint density at radius 3 is 2.57 bits per heavy atom. The lowest BCUT2D eigenvalue weighted by Crippen LogP contribution is -2.14. The Kier molecular flexibility index (Phi) is 4.18. The van der Waals surface area contributed by atoms with Crippen LogP contribution in [-0.4, -0.2) is 28.0 Å². The van der Waals surface area contributed by atoms with Crippen molar-refractivity contribution in [1.82, 2.24) is 19.6 Å². The highest BCUT2D eigenvalue weighted by Crippen LogP contribution is 2.36. The van der Waals surface area contributed by atoms with Gasteiger partial charge in [0.1, 0.15) is 4.90 Å². The summed E-state index contributed by atoms with van der Waals surface area (Å²) in [6.07, 6.45) is 9.10. The highest BCUT2D eigenvalue weighted by atomic mass is 32.2. The molecule has 0 bridgehead atoms. The van der Waals surface area contributed by atoms with Crippen LogP contribution in [0.2, 0.25) is 0 Å². The van der Waals surface area contributed by atoms with Gasteiger partial charge in [0, 0.05) is 31.4 Å². The lowest BCUT2D eigenvalue weighted by Gasteiger charge is -2.10. The second-order valence-electron chi connectivity index (χ2n) is 6.44. The Labute approximate surface area is 136 Å². The molecule has 2 aromatic heterocycles. The number of aryl methyl sites for hydroxylation is 1. The number of rotatable bonds is 5. The summed E-state index contributed by atoms with van der Waals surface area (Å²) < 4.78 is 31.5. The Bertz CT molecular complexity index is 785. The van der Waals surface area contributed by atoms with Crippen LogP contribution in [0.3, 0.4) is 0 Å². The topological polar surface area (TPSA) is 81.8 Å². The van der Waals surface area contributed by atoms with Crippen LogP contribution in [0.4, 0.5) is 5.69 Å². The van der Waals surface area contributed by atoms with E-state index in [2.05, 4.69) is 14.9 Å².